The Kier molecular flexibility index (Phi) is 5.16. The van der Waals surface area contributed by atoms with Crippen LogP contribution in [0, 0.1) is 13.8 Å². The van der Waals surface area contributed by atoms with Gasteiger partial charge in [-0.05, 0) is 64.0 Å². The molecular weight excluding hydrogens is 352 g/mol. The van der Waals surface area contributed by atoms with Crippen molar-refractivity contribution in [2.75, 3.05) is 6.61 Å². The molecule has 1 aromatic carbocycles. The molecule has 146 valence electrons. The van der Waals surface area contributed by atoms with E-state index in [4.69, 9.17) is 4.74 Å². The van der Waals surface area contributed by atoms with Crippen molar-refractivity contribution >= 4 is 22.8 Å². The molecule has 2 aromatic rings. The average molecular weight is 378 g/mol. The molecule has 0 spiro atoms. The Bertz CT molecular complexity index is 960. The summed E-state index contributed by atoms with van der Waals surface area (Å²) in [6.45, 7) is 3.48. The second-order valence-corrected chi connectivity index (χ2v) is 7.73. The van der Waals surface area contributed by atoms with E-state index in [9.17, 15) is 9.59 Å². The predicted molar refractivity (Wildman–Crippen MR) is 108 cm³/mol. The summed E-state index contributed by atoms with van der Waals surface area (Å²) in [4.78, 5) is 32.0. The van der Waals surface area contributed by atoms with Crippen LogP contribution in [-0.4, -0.2) is 34.4 Å². The number of amides is 1. The van der Waals surface area contributed by atoms with E-state index in [1.165, 1.54) is 6.42 Å². The summed E-state index contributed by atoms with van der Waals surface area (Å²) < 4.78 is 5.45. The molecule has 0 N–H and O–H groups in total. The highest BCUT2D eigenvalue weighted by atomic mass is 16.5. The van der Waals surface area contributed by atoms with Crippen molar-refractivity contribution in [3.05, 3.63) is 52.9 Å². The Labute approximate surface area is 165 Å². The van der Waals surface area contributed by atoms with Crippen LogP contribution in [0.1, 0.15) is 60.1 Å². The van der Waals surface area contributed by atoms with E-state index in [1.807, 2.05) is 36.1 Å². The minimum absolute atomic E-state index is 0.118. The van der Waals surface area contributed by atoms with E-state index in [-0.39, 0.29) is 18.6 Å². The Morgan fingerprint density at radius 3 is 2.68 bits per heavy atom. The monoisotopic (exact) mass is 378 g/mol. The Hall–Kier alpha value is -2.69. The zero-order valence-electron chi connectivity index (χ0n) is 16.5. The van der Waals surface area contributed by atoms with Crippen LogP contribution in [0.3, 0.4) is 0 Å². The first-order valence-electron chi connectivity index (χ1n) is 10.1. The van der Waals surface area contributed by atoms with Gasteiger partial charge in [0.1, 0.15) is 0 Å². The number of fused-ring (bicyclic) bond motifs is 1. The molecule has 0 radical (unpaired) electrons. The number of carbonyl (C=O) groups excluding carboxylic acids is 2. The molecule has 28 heavy (non-hydrogen) atoms. The van der Waals surface area contributed by atoms with Crippen LogP contribution in [0.4, 0.5) is 0 Å². The number of pyridine rings is 1. The van der Waals surface area contributed by atoms with E-state index in [1.54, 1.807) is 6.92 Å². The first kappa shape index (κ1) is 18.7. The molecule has 0 atom stereocenters. The van der Waals surface area contributed by atoms with Crippen molar-refractivity contribution in [3.63, 3.8) is 0 Å². The van der Waals surface area contributed by atoms with Gasteiger partial charge in [0.15, 0.2) is 6.61 Å². The molecule has 1 saturated carbocycles. The minimum atomic E-state index is -0.477. The number of benzene rings is 1. The molecule has 0 saturated heterocycles. The normalized spacial score (nSPS) is 16.6. The third kappa shape index (κ3) is 3.66. The lowest BCUT2D eigenvalue weighted by atomic mass is 10.0. The number of nitrogens with zero attached hydrogens (tertiary/aromatic N) is 2. The maximum absolute atomic E-state index is 12.8. The van der Waals surface area contributed by atoms with Crippen molar-refractivity contribution in [2.24, 2.45) is 0 Å². The number of aryl methyl sites for hydroxylation is 2. The van der Waals surface area contributed by atoms with Crippen LogP contribution in [0.2, 0.25) is 0 Å². The summed E-state index contributed by atoms with van der Waals surface area (Å²) >= 11 is 0. The lowest BCUT2D eigenvalue weighted by Gasteiger charge is -2.27. The van der Waals surface area contributed by atoms with E-state index < -0.39 is 5.97 Å². The van der Waals surface area contributed by atoms with E-state index in [2.05, 4.69) is 11.1 Å². The lowest BCUT2D eigenvalue weighted by molar-refractivity contribution is -0.133. The first-order valence-corrected chi connectivity index (χ1v) is 10.1. The number of carbonyl (C=O) groups is 2. The Balaban J connectivity index is 1.50. The number of hydrogen-bond donors (Lipinski definition) is 0. The smallest absolute Gasteiger partial charge is 0.340 e. The molecule has 0 bridgehead atoms. The summed E-state index contributed by atoms with van der Waals surface area (Å²) in [5.41, 5.74) is 3.89. The molecular formula is C23H26N2O3. The summed E-state index contributed by atoms with van der Waals surface area (Å²) in [5.74, 6) is -0.594. The minimum Gasteiger partial charge on any atom is -0.452 e. The number of para-hydroxylation sites is 1. The molecule has 5 nitrogen and oxygen atoms in total. The molecule has 1 fully saturated rings. The second kappa shape index (κ2) is 7.74. The van der Waals surface area contributed by atoms with Crippen LogP contribution in [-0.2, 0) is 9.53 Å². The summed E-state index contributed by atoms with van der Waals surface area (Å²) in [7, 11) is 0. The van der Waals surface area contributed by atoms with Crippen molar-refractivity contribution in [3.8, 4) is 0 Å². The molecule has 1 aromatic heterocycles. The van der Waals surface area contributed by atoms with Gasteiger partial charge in [0, 0.05) is 17.1 Å². The molecule has 5 heteroatoms. The summed E-state index contributed by atoms with van der Waals surface area (Å²) in [6.07, 6.45) is 8.48. The van der Waals surface area contributed by atoms with Gasteiger partial charge in [-0.15, -0.1) is 0 Å². The number of aromatic nitrogens is 1. The van der Waals surface area contributed by atoms with Crippen molar-refractivity contribution in [1.82, 2.24) is 9.88 Å². The number of allylic oxidation sites excluding steroid dienone is 2. The topological polar surface area (TPSA) is 59.5 Å². The molecule has 1 heterocycles. The fraction of sp³-hybridized carbons (Fsp3) is 0.435. The van der Waals surface area contributed by atoms with Crippen molar-refractivity contribution in [1.29, 1.82) is 0 Å². The molecule has 2 aliphatic rings. The standard InChI is InChI=1S/C23H26N2O3/c1-15-19-10-6-7-11-20(19)24-16(2)22(15)23(27)28-14-21(26)25(18-12-13-18)17-8-4-3-5-9-17/h6-8,10-11,18H,3-5,9,12-14H2,1-2H3. The van der Waals surface area contributed by atoms with Crippen molar-refractivity contribution < 1.29 is 14.3 Å². The van der Waals surface area contributed by atoms with Gasteiger partial charge in [-0.3, -0.25) is 9.78 Å². The van der Waals surface area contributed by atoms with Gasteiger partial charge in [-0.25, -0.2) is 4.79 Å². The van der Waals surface area contributed by atoms with E-state index >= 15 is 0 Å². The zero-order chi connectivity index (χ0) is 19.7. The van der Waals surface area contributed by atoms with Gasteiger partial charge in [0.05, 0.1) is 16.8 Å². The highest BCUT2D eigenvalue weighted by Crippen LogP contribution is 2.34. The largest absolute Gasteiger partial charge is 0.452 e. The van der Waals surface area contributed by atoms with Crippen LogP contribution in [0.15, 0.2) is 36.0 Å². The third-order valence-corrected chi connectivity index (χ3v) is 5.62. The predicted octanol–water partition coefficient (Wildman–Crippen LogP) is 4.46. The number of ether oxygens (including phenoxy) is 1. The fourth-order valence-electron chi connectivity index (χ4n) is 4.07. The van der Waals surface area contributed by atoms with E-state index in [0.717, 1.165) is 54.3 Å². The quantitative estimate of drug-likeness (QED) is 0.721. The second-order valence-electron chi connectivity index (χ2n) is 7.73. The lowest BCUT2D eigenvalue weighted by Crippen LogP contribution is -2.36. The van der Waals surface area contributed by atoms with Gasteiger partial charge in [0.2, 0.25) is 0 Å². The number of rotatable bonds is 5. The van der Waals surface area contributed by atoms with Crippen LogP contribution in [0.5, 0.6) is 0 Å². The summed E-state index contributed by atoms with van der Waals surface area (Å²) in [5, 5.41) is 0.929. The maximum Gasteiger partial charge on any atom is 0.340 e. The van der Waals surface area contributed by atoms with E-state index in [0.29, 0.717) is 11.3 Å². The molecule has 1 amide bonds. The molecule has 2 aliphatic carbocycles. The van der Waals surface area contributed by atoms with Gasteiger partial charge < -0.3 is 9.64 Å². The maximum atomic E-state index is 12.8. The summed E-state index contributed by atoms with van der Waals surface area (Å²) in [6, 6.07) is 8.01. The van der Waals surface area contributed by atoms with Crippen LogP contribution < -0.4 is 0 Å². The molecule has 4 rings (SSSR count). The van der Waals surface area contributed by atoms with Gasteiger partial charge in [0.25, 0.3) is 5.91 Å². The van der Waals surface area contributed by atoms with Crippen molar-refractivity contribution in [2.45, 2.75) is 58.4 Å². The number of esters is 1. The Morgan fingerprint density at radius 1 is 1.18 bits per heavy atom. The highest BCUT2D eigenvalue weighted by molar-refractivity contribution is 5.99. The van der Waals surface area contributed by atoms with Gasteiger partial charge in [-0.1, -0.05) is 24.3 Å². The van der Waals surface area contributed by atoms with Gasteiger partial charge in [-0.2, -0.15) is 0 Å². The zero-order valence-corrected chi connectivity index (χ0v) is 16.5. The SMILES string of the molecule is Cc1nc2ccccc2c(C)c1C(=O)OCC(=O)N(C1=CCCCC1)C1CC1. The third-order valence-electron chi connectivity index (χ3n) is 5.62. The van der Waals surface area contributed by atoms with Crippen LogP contribution >= 0.6 is 0 Å². The highest BCUT2D eigenvalue weighted by Gasteiger charge is 2.35. The number of hydrogen-bond acceptors (Lipinski definition) is 4. The molecule has 0 unspecified atom stereocenters. The average Bonchev–Trinajstić information content (AvgIpc) is 3.52. The Morgan fingerprint density at radius 2 is 1.96 bits per heavy atom. The molecule has 0 aliphatic heterocycles. The first-order chi connectivity index (χ1) is 13.6. The fourth-order valence-corrected chi connectivity index (χ4v) is 4.07. The van der Waals surface area contributed by atoms with Crippen LogP contribution in [0.25, 0.3) is 10.9 Å². The van der Waals surface area contributed by atoms with Gasteiger partial charge >= 0.3 is 5.97 Å².